The molecule has 1 aromatic carbocycles. The molecule has 1 unspecified atom stereocenters. The van der Waals surface area contributed by atoms with E-state index in [2.05, 4.69) is 11.4 Å². The molecule has 0 heterocycles. The van der Waals surface area contributed by atoms with Gasteiger partial charge >= 0.3 is 5.97 Å². The van der Waals surface area contributed by atoms with E-state index in [1.54, 1.807) is 6.92 Å². The first-order valence-electron chi connectivity index (χ1n) is 7.61. The third kappa shape index (κ3) is 4.74. The highest BCUT2D eigenvalue weighted by Gasteiger charge is 2.37. The molecule has 1 aliphatic rings. The van der Waals surface area contributed by atoms with Crippen molar-refractivity contribution in [1.29, 1.82) is 0 Å². The molecular weight excluding hydrogens is 266 g/mol. The van der Waals surface area contributed by atoms with Crippen LogP contribution in [0.15, 0.2) is 18.2 Å². The standard InChI is InChI=1S/C17H25NO3/c1-12-9-13(2)11-15(10-12)21-8-4-7-17(3,16(19)20)18-14-5-6-14/h9-11,14,18H,4-8H2,1-3H3,(H,19,20). The van der Waals surface area contributed by atoms with Gasteiger partial charge in [0.25, 0.3) is 0 Å². The first kappa shape index (κ1) is 15.8. The van der Waals surface area contributed by atoms with Gasteiger partial charge in [-0.25, -0.2) is 0 Å². The summed E-state index contributed by atoms with van der Waals surface area (Å²) in [5.41, 5.74) is 1.51. The van der Waals surface area contributed by atoms with Crippen molar-refractivity contribution in [2.45, 2.75) is 58.0 Å². The summed E-state index contributed by atoms with van der Waals surface area (Å²) in [7, 11) is 0. The van der Waals surface area contributed by atoms with Crippen LogP contribution < -0.4 is 10.1 Å². The van der Waals surface area contributed by atoms with Gasteiger partial charge in [-0.1, -0.05) is 6.07 Å². The normalized spacial score (nSPS) is 17.3. The largest absolute Gasteiger partial charge is 0.494 e. The van der Waals surface area contributed by atoms with Gasteiger partial charge < -0.3 is 9.84 Å². The van der Waals surface area contributed by atoms with E-state index < -0.39 is 11.5 Å². The Kier molecular flexibility index (Phi) is 4.88. The molecule has 4 nitrogen and oxygen atoms in total. The molecule has 0 aromatic heterocycles. The number of nitrogens with one attached hydrogen (secondary N) is 1. The Bertz CT molecular complexity index is 491. The number of benzene rings is 1. The van der Waals surface area contributed by atoms with Gasteiger partial charge in [-0.3, -0.25) is 10.1 Å². The van der Waals surface area contributed by atoms with Crippen molar-refractivity contribution >= 4 is 5.97 Å². The second-order valence-corrected chi connectivity index (χ2v) is 6.33. The van der Waals surface area contributed by atoms with Crippen LogP contribution in [0.3, 0.4) is 0 Å². The number of hydrogen-bond donors (Lipinski definition) is 2. The molecular formula is C17H25NO3. The summed E-state index contributed by atoms with van der Waals surface area (Å²) in [5.74, 6) is 0.0838. The lowest BCUT2D eigenvalue weighted by atomic mass is 9.96. The highest BCUT2D eigenvalue weighted by atomic mass is 16.5. The van der Waals surface area contributed by atoms with Gasteiger partial charge in [0.15, 0.2) is 0 Å². The van der Waals surface area contributed by atoms with Crippen LogP contribution in [0, 0.1) is 13.8 Å². The van der Waals surface area contributed by atoms with Crippen molar-refractivity contribution in [1.82, 2.24) is 5.32 Å². The van der Waals surface area contributed by atoms with E-state index in [-0.39, 0.29) is 0 Å². The Hall–Kier alpha value is -1.55. The van der Waals surface area contributed by atoms with Crippen LogP contribution in [0.2, 0.25) is 0 Å². The number of ether oxygens (including phenoxy) is 1. The van der Waals surface area contributed by atoms with E-state index in [9.17, 15) is 9.90 Å². The lowest BCUT2D eigenvalue weighted by molar-refractivity contribution is -0.144. The monoisotopic (exact) mass is 291 g/mol. The summed E-state index contributed by atoms with van der Waals surface area (Å²) in [4.78, 5) is 11.4. The number of aryl methyl sites for hydroxylation is 2. The summed E-state index contributed by atoms with van der Waals surface area (Å²) >= 11 is 0. The molecule has 0 bridgehead atoms. The lowest BCUT2D eigenvalue weighted by Gasteiger charge is -2.26. The molecule has 4 heteroatoms. The molecule has 0 amide bonds. The lowest BCUT2D eigenvalue weighted by Crippen LogP contribution is -2.50. The van der Waals surface area contributed by atoms with Gasteiger partial charge in [-0.2, -0.15) is 0 Å². The first-order chi connectivity index (χ1) is 9.89. The minimum atomic E-state index is -0.840. The molecule has 21 heavy (non-hydrogen) atoms. The minimum absolute atomic E-state index is 0.381. The maximum Gasteiger partial charge on any atom is 0.323 e. The third-order valence-electron chi connectivity index (χ3n) is 3.86. The Morgan fingerprint density at radius 1 is 1.33 bits per heavy atom. The average Bonchev–Trinajstić information content (AvgIpc) is 3.17. The number of aliphatic carboxylic acids is 1. The van der Waals surface area contributed by atoms with E-state index in [1.165, 1.54) is 11.1 Å². The number of rotatable bonds is 8. The molecule has 1 saturated carbocycles. The summed E-state index contributed by atoms with van der Waals surface area (Å²) in [6.07, 6.45) is 3.46. The molecule has 1 aliphatic carbocycles. The minimum Gasteiger partial charge on any atom is -0.494 e. The fourth-order valence-electron chi connectivity index (χ4n) is 2.55. The van der Waals surface area contributed by atoms with Crippen LogP contribution in [0.25, 0.3) is 0 Å². The van der Waals surface area contributed by atoms with E-state index in [0.29, 0.717) is 19.1 Å². The van der Waals surface area contributed by atoms with Crippen molar-refractivity contribution in [3.8, 4) is 5.75 Å². The zero-order chi connectivity index (χ0) is 15.5. The van der Waals surface area contributed by atoms with E-state index in [0.717, 1.165) is 25.0 Å². The van der Waals surface area contributed by atoms with Crippen LogP contribution in [-0.2, 0) is 4.79 Å². The predicted octanol–water partition coefficient (Wildman–Crippen LogP) is 3.06. The number of carboxylic acids is 1. The third-order valence-corrected chi connectivity index (χ3v) is 3.86. The predicted molar refractivity (Wildman–Crippen MR) is 82.8 cm³/mol. The van der Waals surface area contributed by atoms with Crippen molar-refractivity contribution < 1.29 is 14.6 Å². The second kappa shape index (κ2) is 6.48. The van der Waals surface area contributed by atoms with Crippen LogP contribution in [-0.4, -0.2) is 29.3 Å². The van der Waals surface area contributed by atoms with Gasteiger partial charge in [0.1, 0.15) is 11.3 Å². The van der Waals surface area contributed by atoms with Crippen molar-refractivity contribution in [2.24, 2.45) is 0 Å². The zero-order valence-electron chi connectivity index (χ0n) is 13.1. The van der Waals surface area contributed by atoms with Gasteiger partial charge in [0.05, 0.1) is 6.61 Å². The molecule has 0 radical (unpaired) electrons. The summed E-state index contributed by atoms with van der Waals surface area (Å²) in [6.45, 7) is 6.39. The molecule has 1 fully saturated rings. The quantitative estimate of drug-likeness (QED) is 0.723. The topological polar surface area (TPSA) is 58.6 Å². The summed E-state index contributed by atoms with van der Waals surface area (Å²) in [5, 5.41) is 12.6. The fourth-order valence-corrected chi connectivity index (χ4v) is 2.55. The maximum atomic E-state index is 11.4. The van der Waals surface area contributed by atoms with Crippen molar-refractivity contribution in [2.75, 3.05) is 6.61 Å². The van der Waals surface area contributed by atoms with Crippen LogP contribution in [0.5, 0.6) is 5.75 Å². The van der Waals surface area contributed by atoms with Gasteiger partial charge in [0.2, 0.25) is 0 Å². The average molecular weight is 291 g/mol. The SMILES string of the molecule is Cc1cc(C)cc(OCCCC(C)(NC2CC2)C(=O)O)c1. The van der Waals surface area contributed by atoms with E-state index >= 15 is 0 Å². The van der Waals surface area contributed by atoms with Crippen LogP contribution in [0.1, 0.15) is 43.7 Å². The van der Waals surface area contributed by atoms with Crippen LogP contribution in [0.4, 0.5) is 0 Å². The van der Waals surface area contributed by atoms with Crippen molar-refractivity contribution in [3.05, 3.63) is 29.3 Å². The summed E-state index contributed by atoms with van der Waals surface area (Å²) in [6, 6.07) is 6.50. The van der Waals surface area contributed by atoms with Gasteiger partial charge in [0, 0.05) is 6.04 Å². The molecule has 0 aliphatic heterocycles. The summed E-state index contributed by atoms with van der Waals surface area (Å²) < 4.78 is 5.74. The van der Waals surface area contributed by atoms with E-state index in [1.807, 2.05) is 26.0 Å². The molecule has 1 aromatic rings. The second-order valence-electron chi connectivity index (χ2n) is 6.33. The first-order valence-corrected chi connectivity index (χ1v) is 7.61. The Morgan fingerprint density at radius 3 is 2.48 bits per heavy atom. The molecule has 0 saturated heterocycles. The number of carbonyl (C=O) groups is 1. The van der Waals surface area contributed by atoms with Crippen molar-refractivity contribution in [3.63, 3.8) is 0 Å². The zero-order valence-corrected chi connectivity index (χ0v) is 13.1. The van der Waals surface area contributed by atoms with Gasteiger partial charge in [-0.15, -0.1) is 0 Å². The number of hydrogen-bond acceptors (Lipinski definition) is 3. The fraction of sp³-hybridized carbons (Fsp3) is 0.588. The van der Waals surface area contributed by atoms with E-state index in [4.69, 9.17) is 4.74 Å². The molecule has 1 atom stereocenters. The smallest absolute Gasteiger partial charge is 0.323 e. The molecule has 2 rings (SSSR count). The Balaban J connectivity index is 1.80. The molecule has 116 valence electrons. The molecule has 2 N–H and O–H groups in total. The molecule has 0 spiro atoms. The Labute approximate surface area is 126 Å². The highest BCUT2D eigenvalue weighted by molar-refractivity contribution is 5.78. The number of carboxylic acid groups (broad SMARTS) is 1. The Morgan fingerprint density at radius 2 is 1.95 bits per heavy atom. The highest BCUT2D eigenvalue weighted by Crippen LogP contribution is 2.25. The maximum absolute atomic E-state index is 11.4. The van der Waals surface area contributed by atoms with Crippen LogP contribution >= 0.6 is 0 Å². The van der Waals surface area contributed by atoms with Gasteiger partial charge in [-0.05, 0) is 69.7 Å².